The number of amides is 2. The molecule has 3 N–H and O–H groups in total. The lowest BCUT2D eigenvalue weighted by Crippen LogP contribution is -2.39. The number of aryl methyl sites for hydroxylation is 2. The Labute approximate surface area is 247 Å². The van der Waals surface area contributed by atoms with Crippen LogP contribution in [0.5, 0.6) is 0 Å². The second kappa shape index (κ2) is 11.9. The van der Waals surface area contributed by atoms with Gasteiger partial charge in [0.05, 0.1) is 11.4 Å². The Morgan fingerprint density at radius 3 is 2.07 bits per heavy atom. The lowest BCUT2D eigenvalue weighted by molar-refractivity contribution is -0.538. The number of anilines is 2. The lowest BCUT2D eigenvalue weighted by Gasteiger charge is -2.28. The summed E-state index contributed by atoms with van der Waals surface area (Å²) in [4.78, 5) is 32.7. The van der Waals surface area contributed by atoms with Gasteiger partial charge in [-0.2, -0.15) is 0 Å². The topological polar surface area (TPSA) is 111 Å². The molecule has 4 aromatic rings. The van der Waals surface area contributed by atoms with Crippen LogP contribution in [-0.4, -0.2) is 41.5 Å². The van der Waals surface area contributed by atoms with Crippen LogP contribution in [0, 0.1) is 13.8 Å². The van der Waals surface area contributed by atoms with E-state index in [0.717, 1.165) is 44.6 Å². The van der Waals surface area contributed by atoms with Crippen molar-refractivity contribution in [2.45, 2.75) is 73.0 Å². The van der Waals surface area contributed by atoms with Crippen molar-refractivity contribution in [2.24, 2.45) is 5.73 Å². The number of nitrogens with one attached hydrogen (secondary N) is 1. The zero-order valence-electron chi connectivity index (χ0n) is 25.9. The van der Waals surface area contributed by atoms with Crippen molar-refractivity contribution in [3.8, 4) is 5.69 Å². The number of ether oxygens (including phenoxy) is 2. The molecule has 0 aliphatic heterocycles. The summed E-state index contributed by atoms with van der Waals surface area (Å²) in [5, 5.41) is 2.90. The summed E-state index contributed by atoms with van der Waals surface area (Å²) in [6, 6.07) is 17.8. The van der Waals surface area contributed by atoms with Crippen LogP contribution in [0.2, 0.25) is 0 Å². The van der Waals surface area contributed by atoms with E-state index in [1.807, 2.05) is 110 Å². The number of carbonyl (C=O) groups excluding carboxylic acids is 2. The summed E-state index contributed by atoms with van der Waals surface area (Å²) < 4.78 is 13.4. The number of hydrogen-bond donors (Lipinski definition) is 2. The molecule has 0 saturated heterocycles. The van der Waals surface area contributed by atoms with E-state index in [0.29, 0.717) is 25.2 Å². The maximum atomic E-state index is 13.4. The molecule has 0 bridgehead atoms. The van der Waals surface area contributed by atoms with Gasteiger partial charge in [-0.15, -0.1) is 4.57 Å². The molecule has 9 nitrogen and oxygen atoms in total. The van der Waals surface area contributed by atoms with Gasteiger partial charge in [0.1, 0.15) is 22.2 Å². The van der Waals surface area contributed by atoms with Crippen LogP contribution >= 0.6 is 0 Å². The Bertz CT molecular complexity index is 1620. The van der Waals surface area contributed by atoms with E-state index < -0.39 is 23.4 Å². The molecule has 1 aromatic heterocycles. The van der Waals surface area contributed by atoms with Gasteiger partial charge < -0.3 is 15.2 Å². The highest BCUT2D eigenvalue weighted by molar-refractivity contribution is 5.94. The molecule has 4 rings (SSSR count). The lowest BCUT2D eigenvalue weighted by atomic mass is 10.1. The minimum absolute atomic E-state index is 0.410. The molecule has 0 aliphatic carbocycles. The molecule has 1 heterocycles. The van der Waals surface area contributed by atoms with Crippen molar-refractivity contribution in [1.82, 2.24) is 4.98 Å². The predicted molar refractivity (Wildman–Crippen MR) is 167 cm³/mol. The molecule has 3 aromatic carbocycles. The van der Waals surface area contributed by atoms with Crippen molar-refractivity contribution in [1.29, 1.82) is 0 Å². The molecular weight excluding hydrogens is 530 g/mol. The van der Waals surface area contributed by atoms with E-state index >= 15 is 0 Å². The third-order valence-corrected chi connectivity index (χ3v) is 6.48. The van der Waals surface area contributed by atoms with Gasteiger partial charge in [0.25, 0.3) is 0 Å². The summed E-state index contributed by atoms with van der Waals surface area (Å²) in [7, 11) is 0. The highest BCUT2D eigenvalue weighted by Gasteiger charge is 2.28. The summed E-state index contributed by atoms with van der Waals surface area (Å²) in [6.45, 7) is 15.8. The second-order valence-corrected chi connectivity index (χ2v) is 12.5. The molecule has 0 radical (unpaired) electrons. The van der Waals surface area contributed by atoms with Gasteiger partial charge in [-0.1, -0.05) is 18.2 Å². The Morgan fingerprint density at radius 2 is 1.48 bits per heavy atom. The number of para-hydroxylation sites is 1. The van der Waals surface area contributed by atoms with Gasteiger partial charge >= 0.3 is 12.2 Å². The third kappa shape index (κ3) is 7.15. The van der Waals surface area contributed by atoms with Crippen molar-refractivity contribution < 1.29 is 23.6 Å². The maximum Gasteiger partial charge on any atom is 0.414 e. The summed E-state index contributed by atoms with van der Waals surface area (Å²) >= 11 is 0. The van der Waals surface area contributed by atoms with Crippen LogP contribution in [0.15, 0.2) is 54.6 Å². The Morgan fingerprint density at radius 1 is 0.881 bits per heavy atom. The third-order valence-electron chi connectivity index (χ3n) is 6.48. The number of hydrogen-bond acceptors (Lipinski definition) is 6. The smallest absolute Gasteiger partial charge is 0.414 e. The molecule has 0 unspecified atom stereocenters. The zero-order chi connectivity index (χ0) is 30.8. The van der Waals surface area contributed by atoms with Crippen LogP contribution in [0.25, 0.3) is 27.8 Å². The Kier molecular flexibility index (Phi) is 8.73. The van der Waals surface area contributed by atoms with Crippen LogP contribution < -0.4 is 20.5 Å². The number of nitrogens with zero attached hydrogens (tertiary/aromatic N) is 3. The van der Waals surface area contributed by atoms with E-state index in [1.165, 1.54) is 0 Å². The predicted octanol–water partition coefficient (Wildman–Crippen LogP) is 6.72. The summed E-state index contributed by atoms with van der Waals surface area (Å²) in [6.07, 6.45) is -0.349. The van der Waals surface area contributed by atoms with Crippen LogP contribution in [0.3, 0.4) is 0 Å². The fraction of sp³-hybridized carbons (Fsp3) is 0.394. The van der Waals surface area contributed by atoms with E-state index in [4.69, 9.17) is 20.2 Å². The van der Waals surface area contributed by atoms with Gasteiger partial charge in [-0.3, -0.25) is 10.2 Å². The number of rotatable bonds is 6. The average molecular weight is 573 g/mol. The molecule has 9 heteroatoms. The molecule has 222 valence electrons. The SMILES string of the molecule is Cc1cc2nc3cc(C)c(N(CCCN)C(=O)OC(C)(C)C)cc3[n+](-c3ccccc3)c2cc1NC(=O)OC(C)(C)C. The fourth-order valence-corrected chi connectivity index (χ4v) is 4.72. The van der Waals surface area contributed by atoms with Gasteiger partial charge in [-0.25, -0.2) is 14.6 Å². The van der Waals surface area contributed by atoms with Crippen molar-refractivity contribution in [3.63, 3.8) is 0 Å². The summed E-state index contributed by atoms with van der Waals surface area (Å²) in [5.74, 6) is 0. The van der Waals surface area contributed by atoms with Crippen LogP contribution in [0.4, 0.5) is 21.0 Å². The number of carbonyl (C=O) groups is 2. The van der Waals surface area contributed by atoms with Gasteiger partial charge in [0.2, 0.25) is 16.7 Å². The molecule has 2 amide bonds. The largest absolute Gasteiger partial charge is 0.444 e. The van der Waals surface area contributed by atoms with Crippen molar-refractivity contribution in [2.75, 3.05) is 23.3 Å². The Hall–Kier alpha value is -4.24. The first-order valence-corrected chi connectivity index (χ1v) is 14.2. The first-order chi connectivity index (χ1) is 19.7. The minimum Gasteiger partial charge on any atom is -0.444 e. The molecule has 42 heavy (non-hydrogen) atoms. The summed E-state index contributed by atoms with van der Waals surface area (Å²) in [5.41, 5.74) is 11.6. The van der Waals surface area contributed by atoms with Gasteiger partial charge in [0.15, 0.2) is 0 Å². The monoisotopic (exact) mass is 572 g/mol. The van der Waals surface area contributed by atoms with E-state index in [9.17, 15) is 9.59 Å². The van der Waals surface area contributed by atoms with Gasteiger partial charge in [-0.05, 0) is 91.6 Å². The molecular formula is C33H42N5O4+. The molecule has 0 aliphatic rings. The highest BCUT2D eigenvalue weighted by atomic mass is 16.6. The first-order valence-electron chi connectivity index (χ1n) is 14.2. The van der Waals surface area contributed by atoms with Crippen LogP contribution in [0.1, 0.15) is 59.1 Å². The standard InChI is InChI=1S/C33H41N5O4/c1-21-17-25-28(19-24(21)36-30(39)41-32(3,4)5)38(23-13-10-9-11-14-23)29-20-27(22(2)18-26(29)35-25)37(16-12-15-34)31(40)42-33(6,7)8/h9-11,13-14,17-20H,12,15-16,34H2,1-8H3/p+1. The zero-order valence-corrected chi connectivity index (χ0v) is 25.9. The maximum absolute atomic E-state index is 13.4. The number of fused-ring (bicyclic) bond motifs is 2. The normalized spacial score (nSPS) is 11.9. The van der Waals surface area contributed by atoms with Gasteiger partial charge in [0, 0.05) is 30.8 Å². The molecule has 0 atom stereocenters. The quantitative estimate of drug-likeness (QED) is 0.196. The van der Waals surface area contributed by atoms with E-state index in [1.54, 1.807) is 4.90 Å². The molecule has 0 spiro atoms. The molecule has 0 saturated carbocycles. The van der Waals surface area contributed by atoms with Crippen molar-refractivity contribution in [3.05, 3.63) is 65.7 Å². The Balaban J connectivity index is 1.97. The average Bonchev–Trinajstić information content (AvgIpc) is 2.87. The van der Waals surface area contributed by atoms with E-state index in [2.05, 4.69) is 9.88 Å². The van der Waals surface area contributed by atoms with Crippen molar-refractivity contribution >= 4 is 45.6 Å². The number of nitrogens with two attached hydrogens (primary N) is 1. The first kappa shape index (κ1) is 30.7. The fourth-order valence-electron chi connectivity index (χ4n) is 4.72. The van der Waals surface area contributed by atoms with Crippen LogP contribution in [-0.2, 0) is 9.47 Å². The second-order valence-electron chi connectivity index (χ2n) is 12.5. The van der Waals surface area contributed by atoms with E-state index in [-0.39, 0.29) is 0 Å². The number of benzene rings is 3. The minimum atomic E-state index is -0.653. The highest BCUT2D eigenvalue weighted by Crippen LogP contribution is 2.30. The molecule has 0 fully saturated rings. The number of aromatic nitrogens is 2.